The van der Waals surface area contributed by atoms with Gasteiger partial charge in [-0.1, -0.05) is 0 Å². The summed E-state index contributed by atoms with van der Waals surface area (Å²) >= 11 is 0. The summed E-state index contributed by atoms with van der Waals surface area (Å²) in [6.07, 6.45) is 0.525. The number of hydrogen-bond donors (Lipinski definition) is 2. The standard InChI is InChI=1S/C11H15NO4/c1-2-16-10(14)7-9(13)11(15)8-3-5-12-6-4-8/h3-6,9,11,13,15H,2,7H2,1H3. The van der Waals surface area contributed by atoms with Crippen LogP contribution in [0.4, 0.5) is 0 Å². The maximum absolute atomic E-state index is 11.1. The number of pyridine rings is 1. The highest BCUT2D eigenvalue weighted by molar-refractivity contribution is 5.70. The first-order valence-electron chi connectivity index (χ1n) is 5.06. The Bertz CT molecular complexity index is 328. The molecule has 0 bridgehead atoms. The van der Waals surface area contributed by atoms with Gasteiger partial charge in [0.2, 0.25) is 0 Å². The molecule has 5 heteroatoms. The largest absolute Gasteiger partial charge is 0.466 e. The molecule has 0 radical (unpaired) electrons. The molecule has 2 N–H and O–H groups in total. The third-order valence-corrected chi connectivity index (χ3v) is 2.09. The van der Waals surface area contributed by atoms with Gasteiger partial charge in [0.1, 0.15) is 6.10 Å². The molecule has 0 aromatic carbocycles. The van der Waals surface area contributed by atoms with E-state index in [1.165, 1.54) is 12.4 Å². The second kappa shape index (κ2) is 6.19. The van der Waals surface area contributed by atoms with Crippen LogP contribution < -0.4 is 0 Å². The quantitative estimate of drug-likeness (QED) is 0.710. The fraction of sp³-hybridized carbons (Fsp3) is 0.455. The first-order valence-corrected chi connectivity index (χ1v) is 5.06. The molecule has 0 aliphatic rings. The molecule has 2 unspecified atom stereocenters. The smallest absolute Gasteiger partial charge is 0.308 e. The van der Waals surface area contributed by atoms with E-state index >= 15 is 0 Å². The van der Waals surface area contributed by atoms with E-state index in [1.54, 1.807) is 19.1 Å². The molecule has 5 nitrogen and oxygen atoms in total. The predicted octanol–water partition coefficient (Wildman–Crippen LogP) is 0.429. The van der Waals surface area contributed by atoms with Crippen molar-refractivity contribution >= 4 is 5.97 Å². The van der Waals surface area contributed by atoms with E-state index < -0.39 is 18.2 Å². The van der Waals surface area contributed by atoms with Gasteiger partial charge in [-0.2, -0.15) is 0 Å². The maximum Gasteiger partial charge on any atom is 0.308 e. The summed E-state index contributed by atoms with van der Waals surface area (Å²) in [6, 6.07) is 3.16. The van der Waals surface area contributed by atoms with E-state index in [2.05, 4.69) is 9.72 Å². The minimum absolute atomic E-state index is 0.225. The zero-order chi connectivity index (χ0) is 12.0. The molecule has 1 aromatic rings. The van der Waals surface area contributed by atoms with Gasteiger partial charge in [-0.05, 0) is 24.6 Å². The van der Waals surface area contributed by atoms with Crippen LogP contribution in [-0.2, 0) is 9.53 Å². The molecular formula is C11H15NO4. The van der Waals surface area contributed by atoms with E-state index in [-0.39, 0.29) is 13.0 Å². The van der Waals surface area contributed by atoms with Crippen LogP contribution in [0.2, 0.25) is 0 Å². The fourth-order valence-electron chi connectivity index (χ4n) is 1.29. The predicted molar refractivity (Wildman–Crippen MR) is 56.5 cm³/mol. The Morgan fingerprint density at radius 3 is 2.62 bits per heavy atom. The van der Waals surface area contributed by atoms with Gasteiger partial charge in [0, 0.05) is 12.4 Å². The number of ether oxygens (including phenoxy) is 1. The van der Waals surface area contributed by atoms with Crippen LogP contribution >= 0.6 is 0 Å². The van der Waals surface area contributed by atoms with Crippen LogP contribution in [0, 0.1) is 0 Å². The Kier molecular flexibility index (Phi) is 4.88. The van der Waals surface area contributed by atoms with E-state index in [0.717, 1.165) is 0 Å². The molecule has 88 valence electrons. The summed E-state index contributed by atoms with van der Waals surface area (Å²) in [5.41, 5.74) is 0.520. The van der Waals surface area contributed by atoms with Gasteiger partial charge >= 0.3 is 5.97 Å². The number of carbonyl (C=O) groups is 1. The average molecular weight is 225 g/mol. The molecule has 1 heterocycles. The van der Waals surface area contributed by atoms with Crippen molar-refractivity contribution in [3.8, 4) is 0 Å². The fourth-order valence-corrected chi connectivity index (χ4v) is 1.29. The molecular weight excluding hydrogens is 210 g/mol. The molecule has 1 rings (SSSR count). The number of esters is 1. The van der Waals surface area contributed by atoms with Gasteiger partial charge in [-0.25, -0.2) is 0 Å². The Morgan fingerprint density at radius 1 is 1.44 bits per heavy atom. The highest BCUT2D eigenvalue weighted by atomic mass is 16.5. The summed E-state index contributed by atoms with van der Waals surface area (Å²) < 4.78 is 4.68. The summed E-state index contributed by atoms with van der Waals surface area (Å²) in [5, 5.41) is 19.3. The maximum atomic E-state index is 11.1. The Morgan fingerprint density at radius 2 is 2.06 bits per heavy atom. The number of carbonyl (C=O) groups excluding carboxylic acids is 1. The molecule has 2 atom stereocenters. The normalized spacial score (nSPS) is 14.2. The minimum Gasteiger partial charge on any atom is -0.466 e. The van der Waals surface area contributed by atoms with Gasteiger partial charge in [-0.3, -0.25) is 9.78 Å². The Balaban J connectivity index is 2.54. The number of aliphatic hydroxyl groups excluding tert-OH is 2. The Hall–Kier alpha value is -1.46. The van der Waals surface area contributed by atoms with Crippen molar-refractivity contribution in [1.29, 1.82) is 0 Å². The lowest BCUT2D eigenvalue weighted by molar-refractivity contribution is -0.147. The number of hydrogen-bond acceptors (Lipinski definition) is 5. The van der Waals surface area contributed by atoms with Crippen molar-refractivity contribution in [2.75, 3.05) is 6.61 Å². The van der Waals surface area contributed by atoms with E-state index in [4.69, 9.17) is 0 Å². The van der Waals surface area contributed by atoms with Crippen molar-refractivity contribution in [1.82, 2.24) is 4.98 Å². The van der Waals surface area contributed by atoms with Crippen LogP contribution in [0.25, 0.3) is 0 Å². The van der Waals surface area contributed by atoms with Crippen molar-refractivity contribution in [2.45, 2.75) is 25.6 Å². The van der Waals surface area contributed by atoms with Crippen LogP contribution in [0.3, 0.4) is 0 Å². The van der Waals surface area contributed by atoms with Crippen LogP contribution in [0.5, 0.6) is 0 Å². The monoisotopic (exact) mass is 225 g/mol. The molecule has 0 saturated carbocycles. The lowest BCUT2D eigenvalue weighted by atomic mass is 10.0. The molecule has 0 aliphatic heterocycles. The molecule has 0 spiro atoms. The zero-order valence-corrected chi connectivity index (χ0v) is 9.04. The van der Waals surface area contributed by atoms with Gasteiger partial charge < -0.3 is 14.9 Å². The van der Waals surface area contributed by atoms with Crippen LogP contribution in [0.1, 0.15) is 25.0 Å². The average Bonchev–Trinajstić information content (AvgIpc) is 2.29. The summed E-state index contributed by atoms with van der Waals surface area (Å²) in [7, 11) is 0. The van der Waals surface area contributed by atoms with Gasteiger partial charge in [-0.15, -0.1) is 0 Å². The SMILES string of the molecule is CCOC(=O)CC(O)C(O)c1ccncc1. The third kappa shape index (κ3) is 3.60. The second-order valence-electron chi connectivity index (χ2n) is 3.30. The van der Waals surface area contributed by atoms with Crippen LogP contribution in [0.15, 0.2) is 24.5 Å². The number of aliphatic hydroxyl groups is 2. The summed E-state index contributed by atoms with van der Waals surface area (Å²) in [4.78, 5) is 14.9. The lowest BCUT2D eigenvalue weighted by Gasteiger charge is -2.16. The van der Waals surface area contributed by atoms with Gasteiger partial charge in [0.05, 0.1) is 19.1 Å². The molecule has 16 heavy (non-hydrogen) atoms. The summed E-state index contributed by atoms with van der Waals surface area (Å²) in [5.74, 6) is -0.525. The highest BCUT2D eigenvalue weighted by Gasteiger charge is 2.21. The first-order chi connectivity index (χ1) is 7.65. The second-order valence-corrected chi connectivity index (χ2v) is 3.30. The highest BCUT2D eigenvalue weighted by Crippen LogP contribution is 2.18. The van der Waals surface area contributed by atoms with Crippen molar-refractivity contribution in [3.05, 3.63) is 30.1 Å². The molecule has 0 aliphatic carbocycles. The van der Waals surface area contributed by atoms with Gasteiger partial charge in [0.25, 0.3) is 0 Å². The van der Waals surface area contributed by atoms with Crippen molar-refractivity contribution in [2.24, 2.45) is 0 Å². The van der Waals surface area contributed by atoms with Crippen LogP contribution in [-0.4, -0.2) is 33.9 Å². The van der Waals surface area contributed by atoms with Crippen molar-refractivity contribution < 1.29 is 19.7 Å². The van der Waals surface area contributed by atoms with Crippen molar-refractivity contribution in [3.63, 3.8) is 0 Å². The molecule has 1 aromatic heterocycles. The number of rotatable bonds is 5. The van der Waals surface area contributed by atoms with E-state index in [1.807, 2.05) is 0 Å². The third-order valence-electron chi connectivity index (χ3n) is 2.09. The first kappa shape index (κ1) is 12.6. The topological polar surface area (TPSA) is 79.7 Å². The van der Waals surface area contributed by atoms with E-state index in [9.17, 15) is 15.0 Å². The van der Waals surface area contributed by atoms with E-state index in [0.29, 0.717) is 5.56 Å². The molecule has 0 amide bonds. The zero-order valence-electron chi connectivity index (χ0n) is 9.04. The Labute approximate surface area is 93.7 Å². The number of aromatic nitrogens is 1. The minimum atomic E-state index is -1.17. The molecule has 0 saturated heterocycles. The van der Waals surface area contributed by atoms with Gasteiger partial charge in [0.15, 0.2) is 0 Å². The molecule has 0 fully saturated rings. The number of nitrogens with zero attached hydrogens (tertiary/aromatic N) is 1. The lowest BCUT2D eigenvalue weighted by Crippen LogP contribution is -2.23. The summed E-state index contributed by atoms with van der Waals surface area (Å²) in [6.45, 7) is 1.94.